The summed E-state index contributed by atoms with van der Waals surface area (Å²) in [7, 11) is 0. The lowest BCUT2D eigenvalue weighted by Gasteiger charge is -2.33. The van der Waals surface area contributed by atoms with Crippen LogP contribution in [-0.2, 0) is 6.42 Å². The normalized spacial score (nSPS) is 15.8. The van der Waals surface area contributed by atoms with Gasteiger partial charge in [-0.3, -0.25) is 9.78 Å². The number of H-pyrrole nitrogens is 1. The molecule has 0 fully saturated rings. The predicted octanol–water partition coefficient (Wildman–Crippen LogP) is 2.60. The van der Waals surface area contributed by atoms with Crippen LogP contribution < -0.4 is 0 Å². The number of hydrogen-bond donors (Lipinski definition) is 1. The van der Waals surface area contributed by atoms with Crippen molar-refractivity contribution < 1.29 is 9.21 Å². The molecule has 5 aromatic heterocycles. The van der Waals surface area contributed by atoms with Crippen LogP contribution in [0, 0.1) is 6.92 Å². The second-order valence-electron chi connectivity index (χ2n) is 7.63. The zero-order valence-corrected chi connectivity index (χ0v) is 17.1. The fourth-order valence-corrected chi connectivity index (χ4v) is 4.15. The van der Waals surface area contributed by atoms with E-state index in [4.69, 9.17) is 9.52 Å². The van der Waals surface area contributed by atoms with Gasteiger partial charge in [0.25, 0.3) is 5.91 Å². The van der Waals surface area contributed by atoms with E-state index < -0.39 is 6.04 Å². The number of carbonyl (C=O) groups is 1. The smallest absolute Gasteiger partial charge is 0.292 e. The number of nitrogens with one attached hydrogen (secondary N) is 1. The maximum absolute atomic E-state index is 13.5. The molecule has 32 heavy (non-hydrogen) atoms. The van der Waals surface area contributed by atoms with Crippen LogP contribution in [0.4, 0.5) is 0 Å². The first-order valence-electron chi connectivity index (χ1n) is 10.2. The highest BCUT2D eigenvalue weighted by molar-refractivity contribution is 5.92. The van der Waals surface area contributed by atoms with Crippen LogP contribution in [0.3, 0.4) is 0 Å². The van der Waals surface area contributed by atoms with Gasteiger partial charge < -0.3 is 14.3 Å². The van der Waals surface area contributed by atoms with Gasteiger partial charge in [0.1, 0.15) is 11.7 Å². The van der Waals surface area contributed by atoms with Crippen molar-refractivity contribution in [2.45, 2.75) is 19.4 Å². The van der Waals surface area contributed by atoms with E-state index in [9.17, 15) is 4.79 Å². The minimum atomic E-state index is -0.443. The lowest BCUT2D eigenvalue weighted by molar-refractivity contribution is 0.0655. The van der Waals surface area contributed by atoms with Crippen LogP contribution in [0.2, 0.25) is 0 Å². The van der Waals surface area contributed by atoms with E-state index in [1.54, 1.807) is 29.8 Å². The third kappa shape index (κ3) is 2.88. The van der Waals surface area contributed by atoms with Gasteiger partial charge >= 0.3 is 0 Å². The number of pyridine rings is 1. The Kier molecular flexibility index (Phi) is 4.10. The summed E-state index contributed by atoms with van der Waals surface area (Å²) in [6, 6.07) is 5.55. The van der Waals surface area contributed by atoms with Crippen LogP contribution in [0.15, 0.2) is 59.9 Å². The first-order valence-corrected chi connectivity index (χ1v) is 10.2. The largest absolute Gasteiger partial charge is 0.429 e. The molecule has 10 nitrogen and oxygen atoms in total. The minimum Gasteiger partial charge on any atom is -0.429 e. The third-order valence-corrected chi connectivity index (χ3v) is 5.70. The van der Waals surface area contributed by atoms with Crippen LogP contribution in [0.25, 0.3) is 17.1 Å². The Bertz CT molecular complexity index is 1430. The molecule has 158 valence electrons. The van der Waals surface area contributed by atoms with E-state index in [1.807, 2.05) is 35.8 Å². The van der Waals surface area contributed by atoms with Gasteiger partial charge in [0.15, 0.2) is 0 Å². The van der Waals surface area contributed by atoms with Crippen molar-refractivity contribution in [3.8, 4) is 11.6 Å². The van der Waals surface area contributed by atoms with E-state index in [0.29, 0.717) is 18.7 Å². The second kappa shape index (κ2) is 7.12. The zero-order chi connectivity index (χ0) is 21.7. The van der Waals surface area contributed by atoms with Crippen LogP contribution >= 0.6 is 0 Å². The average molecular weight is 426 g/mol. The number of fused-ring (bicyclic) bond motifs is 2. The zero-order valence-electron chi connectivity index (χ0n) is 17.1. The van der Waals surface area contributed by atoms with Crippen molar-refractivity contribution in [3.63, 3.8) is 0 Å². The molecule has 5 aromatic rings. The summed E-state index contributed by atoms with van der Waals surface area (Å²) < 4.78 is 7.59. The molecule has 0 saturated heterocycles. The van der Waals surface area contributed by atoms with E-state index >= 15 is 0 Å². The summed E-state index contributed by atoms with van der Waals surface area (Å²) in [5, 5.41) is 4.76. The summed E-state index contributed by atoms with van der Waals surface area (Å²) in [5.41, 5.74) is 5.10. The number of aromatic nitrogens is 7. The van der Waals surface area contributed by atoms with E-state index in [-0.39, 0.29) is 17.6 Å². The highest BCUT2D eigenvalue weighted by Crippen LogP contribution is 2.35. The minimum absolute atomic E-state index is 0.134. The van der Waals surface area contributed by atoms with Gasteiger partial charge in [-0.25, -0.2) is 19.5 Å². The topological polar surface area (TPSA) is 118 Å². The van der Waals surface area contributed by atoms with Gasteiger partial charge in [0.2, 0.25) is 11.7 Å². The Morgan fingerprint density at radius 3 is 3.00 bits per heavy atom. The fraction of sp³-hybridized carbons (Fsp3) is 0.182. The van der Waals surface area contributed by atoms with Gasteiger partial charge in [-0.1, -0.05) is 6.07 Å². The number of hydrogen-bond acceptors (Lipinski definition) is 7. The fourth-order valence-electron chi connectivity index (χ4n) is 4.15. The lowest BCUT2D eigenvalue weighted by Crippen LogP contribution is -2.40. The molecule has 1 aliphatic heterocycles. The Morgan fingerprint density at radius 2 is 2.16 bits per heavy atom. The first kappa shape index (κ1) is 18.4. The van der Waals surface area contributed by atoms with E-state index in [2.05, 4.69) is 24.9 Å². The molecular weight excluding hydrogens is 408 g/mol. The highest BCUT2D eigenvalue weighted by Gasteiger charge is 2.37. The van der Waals surface area contributed by atoms with Crippen molar-refractivity contribution in [2.75, 3.05) is 6.54 Å². The van der Waals surface area contributed by atoms with Gasteiger partial charge in [0, 0.05) is 37.3 Å². The van der Waals surface area contributed by atoms with Crippen molar-refractivity contribution in [3.05, 3.63) is 83.9 Å². The van der Waals surface area contributed by atoms with Gasteiger partial charge in [-0.05, 0) is 24.6 Å². The third-order valence-electron chi connectivity index (χ3n) is 5.70. The maximum atomic E-state index is 13.5. The van der Waals surface area contributed by atoms with Crippen LogP contribution in [0.5, 0.6) is 0 Å². The number of carbonyl (C=O) groups excluding carboxylic acids is 1. The Labute approximate surface area is 182 Å². The van der Waals surface area contributed by atoms with E-state index in [1.165, 1.54) is 6.20 Å². The monoisotopic (exact) mass is 426 g/mol. The standard InChI is InChI=1S/C22H18N8O2/c1-13-3-2-7-30-17(13)9-15(28-30)20-19-14(26-12-27-19)4-8-29(20)22(31)18-11-25-21(32-18)16-10-23-5-6-24-16/h2-3,5-7,9-12,20H,4,8H2,1H3,(H,26,27)/t20-/m0/s1. The molecule has 0 bridgehead atoms. The van der Waals surface area contributed by atoms with E-state index in [0.717, 1.165) is 28.2 Å². The molecule has 0 spiro atoms. The lowest BCUT2D eigenvalue weighted by atomic mass is 9.99. The summed E-state index contributed by atoms with van der Waals surface area (Å²) in [6.45, 7) is 2.53. The summed E-state index contributed by atoms with van der Waals surface area (Å²) >= 11 is 0. The molecule has 1 aliphatic rings. The van der Waals surface area contributed by atoms with Crippen LogP contribution in [-0.4, -0.2) is 51.9 Å². The number of oxazole rings is 1. The maximum Gasteiger partial charge on any atom is 0.292 e. The molecule has 1 atom stereocenters. The highest BCUT2D eigenvalue weighted by atomic mass is 16.4. The molecule has 6 heterocycles. The van der Waals surface area contributed by atoms with Gasteiger partial charge in [-0.2, -0.15) is 5.10 Å². The Hall–Kier alpha value is -4.34. The average Bonchev–Trinajstić information content (AvgIpc) is 3.58. The molecule has 0 unspecified atom stereocenters. The number of rotatable bonds is 3. The van der Waals surface area contributed by atoms with Crippen LogP contribution in [0.1, 0.15) is 39.2 Å². The second-order valence-corrected chi connectivity index (χ2v) is 7.63. The van der Waals surface area contributed by atoms with Crippen molar-refractivity contribution in [2.24, 2.45) is 0 Å². The molecule has 0 radical (unpaired) electrons. The molecule has 0 saturated carbocycles. The Balaban J connectivity index is 1.41. The number of aryl methyl sites for hydroxylation is 1. The van der Waals surface area contributed by atoms with Crippen molar-refractivity contribution in [1.29, 1.82) is 0 Å². The molecule has 1 N–H and O–H groups in total. The molecule has 0 aliphatic carbocycles. The SMILES string of the molecule is Cc1cccn2nc([C@H]3c4nc[nH]c4CCN3C(=O)c3cnc(-c4cnccn4)o3)cc12. The summed E-state index contributed by atoms with van der Waals surface area (Å²) in [4.78, 5) is 35.4. The first-order chi connectivity index (χ1) is 15.7. The van der Waals surface area contributed by atoms with Gasteiger partial charge in [-0.15, -0.1) is 0 Å². The summed E-state index contributed by atoms with van der Waals surface area (Å²) in [5.74, 6) is 0.105. The van der Waals surface area contributed by atoms with Crippen molar-refractivity contribution in [1.82, 2.24) is 39.4 Å². The van der Waals surface area contributed by atoms with Crippen molar-refractivity contribution >= 4 is 11.4 Å². The number of aromatic amines is 1. The molecule has 1 amide bonds. The number of imidazole rings is 1. The number of amides is 1. The quantitative estimate of drug-likeness (QED) is 0.471. The molecular formula is C22H18N8O2. The van der Waals surface area contributed by atoms with Gasteiger partial charge in [0.05, 0.1) is 35.6 Å². The molecule has 6 rings (SSSR count). The molecule has 10 heteroatoms. The predicted molar refractivity (Wildman–Crippen MR) is 113 cm³/mol. The Morgan fingerprint density at radius 1 is 1.22 bits per heavy atom. The summed E-state index contributed by atoms with van der Waals surface area (Å²) in [6.07, 6.45) is 10.3. The molecule has 0 aromatic carbocycles. The number of nitrogens with zero attached hydrogens (tertiary/aromatic N) is 7.